The first-order chi connectivity index (χ1) is 7.65. The Morgan fingerprint density at radius 1 is 1.50 bits per heavy atom. The van der Waals surface area contributed by atoms with E-state index in [2.05, 4.69) is 29.2 Å². The van der Waals surface area contributed by atoms with Gasteiger partial charge in [-0.2, -0.15) is 5.10 Å². The molecule has 0 aliphatic carbocycles. The van der Waals surface area contributed by atoms with Crippen molar-refractivity contribution in [2.75, 3.05) is 5.32 Å². The first kappa shape index (κ1) is 11.1. The molecule has 0 atom stereocenters. The van der Waals surface area contributed by atoms with Crippen LogP contribution in [0.15, 0.2) is 18.5 Å². The van der Waals surface area contributed by atoms with E-state index in [1.54, 1.807) is 16.0 Å². The van der Waals surface area contributed by atoms with Crippen molar-refractivity contribution in [3.8, 4) is 0 Å². The molecule has 0 aliphatic heterocycles. The van der Waals surface area contributed by atoms with Crippen molar-refractivity contribution >= 4 is 17.2 Å². The van der Waals surface area contributed by atoms with Crippen molar-refractivity contribution < 1.29 is 0 Å². The van der Waals surface area contributed by atoms with Crippen molar-refractivity contribution in [3.05, 3.63) is 28.3 Å². The van der Waals surface area contributed by atoms with Gasteiger partial charge in [-0.1, -0.05) is 13.8 Å². The average molecular weight is 236 g/mol. The van der Waals surface area contributed by atoms with Gasteiger partial charge in [0.15, 0.2) is 0 Å². The van der Waals surface area contributed by atoms with Crippen LogP contribution in [0.4, 0.5) is 5.82 Å². The van der Waals surface area contributed by atoms with Crippen LogP contribution in [0.2, 0.25) is 0 Å². The lowest BCUT2D eigenvalue weighted by Crippen LogP contribution is -2.00. The monoisotopic (exact) mass is 236 g/mol. The summed E-state index contributed by atoms with van der Waals surface area (Å²) in [6.07, 6.45) is 3.88. The summed E-state index contributed by atoms with van der Waals surface area (Å²) in [5.41, 5.74) is 0. The minimum absolute atomic E-state index is 0.557. The van der Waals surface area contributed by atoms with Gasteiger partial charge in [-0.15, -0.1) is 11.3 Å². The molecule has 0 saturated heterocycles. The number of nitrogens with one attached hydrogen (secondary N) is 1. The molecule has 0 bridgehead atoms. The van der Waals surface area contributed by atoms with E-state index in [4.69, 9.17) is 0 Å². The van der Waals surface area contributed by atoms with Crippen molar-refractivity contribution in [1.82, 2.24) is 14.8 Å². The zero-order valence-electron chi connectivity index (χ0n) is 9.77. The minimum Gasteiger partial charge on any atom is -0.362 e. The Bertz CT molecular complexity index is 458. The SMILES string of the molecule is CC(C)c1cnc(CNc2ccn(C)n2)s1. The van der Waals surface area contributed by atoms with Crippen molar-refractivity contribution in [3.63, 3.8) is 0 Å². The fraction of sp³-hybridized carbons (Fsp3) is 0.455. The van der Waals surface area contributed by atoms with Crippen LogP contribution in [-0.2, 0) is 13.6 Å². The summed E-state index contributed by atoms with van der Waals surface area (Å²) in [5.74, 6) is 1.45. The van der Waals surface area contributed by atoms with Crippen molar-refractivity contribution in [1.29, 1.82) is 0 Å². The van der Waals surface area contributed by atoms with Crippen LogP contribution in [0.5, 0.6) is 0 Å². The molecule has 0 saturated carbocycles. The van der Waals surface area contributed by atoms with Gasteiger partial charge in [0.05, 0.1) is 6.54 Å². The van der Waals surface area contributed by atoms with E-state index >= 15 is 0 Å². The van der Waals surface area contributed by atoms with Gasteiger partial charge in [-0.3, -0.25) is 4.68 Å². The van der Waals surface area contributed by atoms with Crippen LogP contribution >= 0.6 is 11.3 Å². The lowest BCUT2D eigenvalue weighted by atomic mass is 10.2. The molecule has 0 spiro atoms. The molecular formula is C11H16N4S. The Morgan fingerprint density at radius 3 is 2.88 bits per heavy atom. The standard InChI is InChI=1S/C11H16N4S/c1-8(2)9-6-13-11(16-9)7-12-10-4-5-15(3)14-10/h4-6,8H,7H2,1-3H3,(H,12,14). The number of aryl methyl sites for hydroxylation is 1. The maximum absolute atomic E-state index is 4.38. The molecule has 1 N–H and O–H groups in total. The Kier molecular flexibility index (Phi) is 3.24. The highest BCUT2D eigenvalue weighted by Gasteiger charge is 2.05. The molecule has 0 aromatic carbocycles. The molecule has 2 heterocycles. The molecule has 86 valence electrons. The summed E-state index contributed by atoms with van der Waals surface area (Å²) in [6.45, 7) is 5.11. The third kappa shape index (κ3) is 2.61. The van der Waals surface area contributed by atoms with Gasteiger partial charge < -0.3 is 5.32 Å². The number of hydrogen-bond acceptors (Lipinski definition) is 4. The average Bonchev–Trinajstić information content (AvgIpc) is 2.83. The highest BCUT2D eigenvalue weighted by Crippen LogP contribution is 2.22. The highest BCUT2D eigenvalue weighted by atomic mass is 32.1. The largest absolute Gasteiger partial charge is 0.362 e. The number of thiazole rings is 1. The fourth-order valence-electron chi connectivity index (χ4n) is 1.35. The summed E-state index contributed by atoms with van der Waals surface area (Å²) in [4.78, 5) is 5.71. The zero-order valence-corrected chi connectivity index (χ0v) is 10.6. The van der Waals surface area contributed by atoms with E-state index in [1.807, 2.05) is 25.5 Å². The van der Waals surface area contributed by atoms with E-state index in [0.717, 1.165) is 17.4 Å². The van der Waals surface area contributed by atoms with E-state index < -0.39 is 0 Å². The van der Waals surface area contributed by atoms with Crippen molar-refractivity contribution in [2.45, 2.75) is 26.3 Å². The second-order valence-corrected chi connectivity index (χ2v) is 5.19. The molecule has 0 amide bonds. The number of aromatic nitrogens is 3. The molecule has 5 heteroatoms. The van der Waals surface area contributed by atoms with E-state index in [-0.39, 0.29) is 0 Å². The van der Waals surface area contributed by atoms with E-state index in [0.29, 0.717) is 5.92 Å². The smallest absolute Gasteiger partial charge is 0.148 e. The maximum atomic E-state index is 4.38. The van der Waals surface area contributed by atoms with Gasteiger partial charge in [0, 0.05) is 30.4 Å². The van der Waals surface area contributed by atoms with Gasteiger partial charge in [-0.05, 0) is 5.92 Å². The summed E-state index contributed by atoms with van der Waals surface area (Å²) in [5, 5.41) is 8.61. The van der Waals surface area contributed by atoms with Crippen LogP contribution in [0, 0.1) is 0 Å². The molecule has 0 unspecified atom stereocenters. The van der Waals surface area contributed by atoms with Gasteiger partial charge in [0.25, 0.3) is 0 Å². The molecule has 2 aromatic heterocycles. The quantitative estimate of drug-likeness (QED) is 0.887. The summed E-state index contributed by atoms with van der Waals surface area (Å²) in [6, 6.07) is 1.96. The van der Waals surface area contributed by atoms with Gasteiger partial charge in [0.2, 0.25) is 0 Å². The van der Waals surface area contributed by atoms with Crippen LogP contribution in [0.1, 0.15) is 29.7 Å². The third-order valence-electron chi connectivity index (χ3n) is 2.27. The summed E-state index contributed by atoms with van der Waals surface area (Å²) in [7, 11) is 1.91. The fourth-order valence-corrected chi connectivity index (χ4v) is 2.21. The first-order valence-electron chi connectivity index (χ1n) is 5.33. The lowest BCUT2D eigenvalue weighted by molar-refractivity contribution is 0.768. The van der Waals surface area contributed by atoms with Gasteiger partial charge in [0.1, 0.15) is 10.8 Å². The predicted octanol–water partition coefficient (Wildman–Crippen LogP) is 2.61. The number of nitrogens with zero attached hydrogens (tertiary/aromatic N) is 3. The lowest BCUT2D eigenvalue weighted by Gasteiger charge is -1.99. The normalized spacial score (nSPS) is 11.0. The first-order valence-corrected chi connectivity index (χ1v) is 6.15. The summed E-state index contributed by atoms with van der Waals surface area (Å²) >= 11 is 1.76. The third-order valence-corrected chi connectivity index (χ3v) is 3.57. The van der Waals surface area contributed by atoms with Gasteiger partial charge >= 0.3 is 0 Å². The Labute approximate surface area is 99.3 Å². The zero-order chi connectivity index (χ0) is 11.5. The maximum Gasteiger partial charge on any atom is 0.148 e. The Balaban J connectivity index is 1.94. The molecule has 0 aliphatic rings. The predicted molar refractivity (Wildman–Crippen MR) is 66.7 cm³/mol. The van der Waals surface area contributed by atoms with E-state index in [1.165, 1.54) is 4.88 Å². The molecule has 0 fully saturated rings. The number of hydrogen-bond donors (Lipinski definition) is 1. The van der Waals surface area contributed by atoms with Crippen LogP contribution in [0.3, 0.4) is 0 Å². The molecule has 2 aromatic rings. The molecule has 2 rings (SSSR count). The second-order valence-electron chi connectivity index (χ2n) is 4.04. The minimum atomic E-state index is 0.557. The topological polar surface area (TPSA) is 42.7 Å². The summed E-state index contributed by atoms with van der Waals surface area (Å²) < 4.78 is 1.78. The van der Waals surface area contributed by atoms with Crippen LogP contribution < -0.4 is 5.32 Å². The molecule has 16 heavy (non-hydrogen) atoms. The second kappa shape index (κ2) is 4.65. The van der Waals surface area contributed by atoms with Crippen LogP contribution in [0.25, 0.3) is 0 Å². The van der Waals surface area contributed by atoms with E-state index in [9.17, 15) is 0 Å². The molecule has 4 nitrogen and oxygen atoms in total. The Morgan fingerprint density at radius 2 is 2.31 bits per heavy atom. The number of anilines is 1. The Hall–Kier alpha value is -1.36. The highest BCUT2D eigenvalue weighted by molar-refractivity contribution is 7.11. The number of rotatable bonds is 4. The molecular weight excluding hydrogens is 220 g/mol. The van der Waals surface area contributed by atoms with Crippen molar-refractivity contribution in [2.24, 2.45) is 7.05 Å². The van der Waals surface area contributed by atoms with Crippen LogP contribution in [-0.4, -0.2) is 14.8 Å². The molecule has 0 radical (unpaired) electrons. The van der Waals surface area contributed by atoms with Gasteiger partial charge in [-0.25, -0.2) is 4.98 Å².